The molecule has 0 unspecified atom stereocenters. The van der Waals surface area contributed by atoms with Gasteiger partial charge in [-0.05, 0) is 49.4 Å². The van der Waals surface area contributed by atoms with Crippen LogP contribution in [0.1, 0.15) is 36.5 Å². The van der Waals surface area contributed by atoms with E-state index in [-0.39, 0.29) is 0 Å². The van der Waals surface area contributed by atoms with Crippen molar-refractivity contribution >= 4 is 0 Å². The van der Waals surface area contributed by atoms with E-state index in [1.165, 1.54) is 41.5 Å². The minimum absolute atomic E-state index is 1.08. The zero-order valence-corrected chi connectivity index (χ0v) is 11.5. The van der Waals surface area contributed by atoms with E-state index in [1.807, 2.05) is 6.20 Å². The number of aromatic nitrogens is 1. The minimum atomic E-state index is 1.08. The van der Waals surface area contributed by atoms with Gasteiger partial charge in [0.15, 0.2) is 0 Å². The smallest absolute Gasteiger partial charge is 0.0704 e. The summed E-state index contributed by atoms with van der Waals surface area (Å²) in [5, 5.41) is 0. The summed E-state index contributed by atoms with van der Waals surface area (Å²) in [5.74, 6) is 0. The fraction of sp³-hybridized carbons (Fsp3) is 0.353. The highest BCUT2D eigenvalue weighted by Gasteiger charge is 2.06. The molecule has 0 amide bonds. The van der Waals surface area contributed by atoms with Gasteiger partial charge in [0.25, 0.3) is 0 Å². The first-order valence-corrected chi connectivity index (χ1v) is 6.74. The molecule has 0 fully saturated rings. The molecule has 0 aliphatic heterocycles. The van der Waals surface area contributed by atoms with Crippen LogP contribution in [-0.4, -0.2) is 4.98 Å². The van der Waals surface area contributed by atoms with Gasteiger partial charge in [-0.15, -0.1) is 0 Å². The Morgan fingerprint density at radius 3 is 2.56 bits per heavy atom. The summed E-state index contributed by atoms with van der Waals surface area (Å²) < 4.78 is 0. The molecule has 1 aromatic carbocycles. The Hall–Kier alpha value is -1.63. The second-order valence-electron chi connectivity index (χ2n) is 4.91. The number of aryl methyl sites for hydroxylation is 2. The molecule has 0 saturated carbocycles. The van der Waals surface area contributed by atoms with E-state index in [0.717, 1.165) is 5.69 Å². The van der Waals surface area contributed by atoms with Crippen LogP contribution in [-0.2, 0) is 6.42 Å². The van der Waals surface area contributed by atoms with Gasteiger partial charge in [0.1, 0.15) is 0 Å². The standard InChI is InChI=1S/C17H21N/c1-4-5-7-15-8-6-9-16(14(15)3)17-11-10-13(2)12-18-17/h6,8-12H,4-5,7H2,1-3H3. The largest absolute Gasteiger partial charge is 0.256 e. The predicted molar refractivity (Wildman–Crippen MR) is 77.8 cm³/mol. The lowest BCUT2D eigenvalue weighted by Gasteiger charge is -2.11. The number of pyridine rings is 1. The molecule has 2 rings (SSSR count). The summed E-state index contributed by atoms with van der Waals surface area (Å²) >= 11 is 0. The summed E-state index contributed by atoms with van der Waals surface area (Å²) in [6, 6.07) is 10.8. The van der Waals surface area contributed by atoms with Crippen molar-refractivity contribution in [1.29, 1.82) is 0 Å². The molecule has 0 bridgehead atoms. The van der Waals surface area contributed by atoms with Crippen molar-refractivity contribution in [3.05, 3.63) is 53.2 Å². The number of hydrogen-bond acceptors (Lipinski definition) is 1. The van der Waals surface area contributed by atoms with Gasteiger partial charge in [0.05, 0.1) is 5.69 Å². The van der Waals surface area contributed by atoms with Crippen LogP contribution in [0.4, 0.5) is 0 Å². The molecular formula is C17H21N. The summed E-state index contributed by atoms with van der Waals surface area (Å²) in [5.41, 5.74) is 6.39. The Labute approximate surface area is 110 Å². The van der Waals surface area contributed by atoms with Crippen LogP contribution < -0.4 is 0 Å². The van der Waals surface area contributed by atoms with Crippen molar-refractivity contribution in [2.75, 3.05) is 0 Å². The Bertz CT molecular complexity index is 512. The lowest BCUT2D eigenvalue weighted by molar-refractivity contribution is 0.791. The third kappa shape index (κ3) is 2.79. The third-order valence-corrected chi connectivity index (χ3v) is 3.43. The molecular weight excluding hydrogens is 218 g/mol. The molecule has 18 heavy (non-hydrogen) atoms. The van der Waals surface area contributed by atoms with E-state index in [0.29, 0.717) is 0 Å². The molecule has 0 atom stereocenters. The number of unbranched alkanes of at least 4 members (excludes halogenated alkanes) is 1. The van der Waals surface area contributed by atoms with E-state index >= 15 is 0 Å². The highest BCUT2D eigenvalue weighted by atomic mass is 14.7. The van der Waals surface area contributed by atoms with E-state index in [2.05, 4.69) is 56.1 Å². The summed E-state index contributed by atoms with van der Waals surface area (Å²) in [6.07, 6.45) is 5.60. The highest BCUT2D eigenvalue weighted by Crippen LogP contribution is 2.25. The van der Waals surface area contributed by atoms with Gasteiger partial charge in [-0.3, -0.25) is 4.98 Å². The maximum atomic E-state index is 4.53. The predicted octanol–water partition coefficient (Wildman–Crippen LogP) is 4.71. The SMILES string of the molecule is CCCCc1cccc(-c2ccc(C)cn2)c1C. The Balaban J connectivity index is 2.36. The van der Waals surface area contributed by atoms with Crippen LogP contribution in [0.15, 0.2) is 36.5 Å². The lowest BCUT2D eigenvalue weighted by Crippen LogP contribution is -1.94. The fourth-order valence-corrected chi connectivity index (χ4v) is 2.23. The Morgan fingerprint density at radius 1 is 1.06 bits per heavy atom. The molecule has 1 nitrogen and oxygen atoms in total. The molecule has 0 aliphatic carbocycles. The number of benzene rings is 1. The minimum Gasteiger partial charge on any atom is -0.256 e. The molecule has 1 aromatic heterocycles. The zero-order chi connectivity index (χ0) is 13.0. The summed E-state index contributed by atoms with van der Waals surface area (Å²) in [6.45, 7) is 6.52. The summed E-state index contributed by atoms with van der Waals surface area (Å²) in [4.78, 5) is 4.53. The Morgan fingerprint density at radius 2 is 1.89 bits per heavy atom. The van der Waals surface area contributed by atoms with Crippen molar-refractivity contribution in [1.82, 2.24) is 4.98 Å². The van der Waals surface area contributed by atoms with E-state index in [9.17, 15) is 0 Å². The monoisotopic (exact) mass is 239 g/mol. The maximum absolute atomic E-state index is 4.53. The lowest BCUT2D eigenvalue weighted by atomic mass is 9.96. The van der Waals surface area contributed by atoms with Crippen LogP contribution >= 0.6 is 0 Å². The van der Waals surface area contributed by atoms with Crippen LogP contribution in [0.25, 0.3) is 11.3 Å². The van der Waals surface area contributed by atoms with Gasteiger partial charge in [-0.1, -0.05) is 37.6 Å². The van der Waals surface area contributed by atoms with Gasteiger partial charge in [-0.2, -0.15) is 0 Å². The molecule has 0 spiro atoms. The van der Waals surface area contributed by atoms with Crippen molar-refractivity contribution in [2.45, 2.75) is 40.0 Å². The van der Waals surface area contributed by atoms with Crippen molar-refractivity contribution in [2.24, 2.45) is 0 Å². The van der Waals surface area contributed by atoms with Crippen LogP contribution in [0.3, 0.4) is 0 Å². The second kappa shape index (κ2) is 5.81. The third-order valence-electron chi connectivity index (χ3n) is 3.43. The van der Waals surface area contributed by atoms with Gasteiger partial charge in [0.2, 0.25) is 0 Å². The number of hydrogen-bond donors (Lipinski definition) is 0. The second-order valence-corrected chi connectivity index (χ2v) is 4.91. The van der Waals surface area contributed by atoms with E-state index in [1.54, 1.807) is 0 Å². The fourth-order valence-electron chi connectivity index (χ4n) is 2.23. The van der Waals surface area contributed by atoms with Crippen molar-refractivity contribution < 1.29 is 0 Å². The zero-order valence-electron chi connectivity index (χ0n) is 11.5. The molecule has 0 saturated heterocycles. The quantitative estimate of drug-likeness (QED) is 0.753. The van der Waals surface area contributed by atoms with Crippen LogP contribution in [0, 0.1) is 13.8 Å². The average molecular weight is 239 g/mol. The van der Waals surface area contributed by atoms with E-state index in [4.69, 9.17) is 0 Å². The average Bonchev–Trinajstić information content (AvgIpc) is 2.39. The first-order valence-electron chi connectivity index (χ1n) is 6.74. The first-order chi connectivity index (χ1) is 8.72. The molecule has 0 aliphatic rings. The number of rotatable bonds is 4. The molecule has 0 radical (unpaired) electrons. The Kier molecular flexibility index (Phi) is 4.14. The van der Waals surface area contributed by atoms with Gasteiger partial charge < -0.3 is 0 Å². The topological polar surface area (TPSA) is 12.9 Å². The maximum Gasteiger partial charge on any atom is 0.0704 e. The molecule has 2 aromatic rings. The van der Waals surface area contributed by atoms with Gasteiger partial charge >= 0.3 is 0 Å². The number of nitrogens with zero attached hydrogens (tertiary/aromatic N) is 1. The molecule has 94 valence electrons. The summed E-state index contributed by atoms with van der Waals surface area (Å²) in [7, 11) is 0. The highest BCUT2D eigenvalue weighted by molar-refractivity contribution is 5.65. The van der Waals surface area contributed by atoms with Crippen LogP contribution in [0.2, 0.25) is 0 Å². The van der Waals surface area contributed by atoms with Gasteiger partial charge in [0, 0.05) is 11.8 Å². The molecule has 1 heteroatoms. The van der Waals surface area contributed by atoms with Crippen molar-refractivity contribution in [3.8, 4) is 11.3 Å². The molecule has 1 heterocycles. The van der Waals surface area contributed by atoms with Crippen LogP contribution in [0.5, 0.6) is 0 Å². The normalized spacial score (nSPS) is 10.6. The molecule has 0 N–H and O–H groups in total. The first kappa shape index (κ1) is 12.8. The van der Waals surface area contributed by atoms with Gasteiger partial charge in [-0.25, -0.2) is 0 Å². The van der Waals surface area contributed by atoms with Crippen molar-refractivity contribution in [3.63, 3.8) is 0 Å². The van der Waals surface area contributed by atoms with E-state index < -0.39 is 0 Å².